The van der Waals surface area contributed by atoms with Crippen LogP contribution in [0, 0.1) is 17.0 Å². The molecule has 1 aromatic heterocycles. The van der Waals surface area contributed by atoms with Gasteiger partial charge in [0.1, 0.15) is 6.61 Å². The van der Waals surface area contributed by atoms with Crippen LogP contribution in [0.1, 0.15) is 11.5 Å². The first-order chi connectivity index (χ1) is 8.56. The number of ether oxygens (including phenoxy) is 1. The van der Waals surface area contributed by atoms with E-state index < -0.39 is 4.92 Å². The number of nitro groups is 1. The average Bonchev–Trinajstić information content (AvgIpc) is 2.73. The van der Waals surface area contributed by atoms with Crippen molar-refractivity contribution in [1.82, 2.24) is 5.16 Å². The number of nitro benzene ring substituents is 1. The van der Waals surface area contributed by atoms with Gasteiger partial charge in [-0.05, 0) is 19.1 Å². The molecular formula is C11H9ClN2O4. The normalized spacial score (nSPS) is 10.3. The summed E-state index contributed by atoms with van der Waals surface area (Å²) >= 11 is 5.69. The Hall–Kier alpha value is -2.08. The van der Waals surface area contributed by atoms with Crippen LogP contribution < -0.4 is 4.74 Å². The molecule has 7 heteroatoms. The number of aromatic nitrogens is 1. The third kappa shape index (κ3) is 2.78. The van der Waals surface area contributed by atoms with Gasteiger partial charge >= 0.3 is 5.69 Å². The summed E-state index contributed by atoms with van der Waals surface area (Å²) in [5.74, 6) is 0.634. The fourth-order valence-corrected chi connectivity index (χ4v) is 1.55. The Morgan fingerprint density at radius 2 is 2.28 bits per heavy atom. The lowest BCUT2D eigenvalue weighted by Gasteiger charge is -2.04. The third-order valence-electron chi connectivity index (χ3n) is 2.16. The van der Waals surface area contributed by atoms with Gasteiger partial charge in [0.05, 0.1) is 10.6 Å². The van der Waals surface area contributed by atoms with Crippen LogP contribution >= 0.6 is 11.6 Å². The lowest BCUT2D eigenvalue weighted by molar-refractivity contribution is -0.385. The maximum absolute atomic E-state index is 10.8. The van der Waals surface area contributed by atoms with Crippen molar-refractivity contribution in [2.45, 2.75) is 13.5 Å². The summed E-state index contributed by atoms with van der Waals surface area (Å²) in [6.45, 7) is 1.85. The molecule has 6 nitrogen and oxygen atoms in total. The smallest absolute Gasteiger partial charge is 0.312 e. The highest BCUT2D eigenvalue weighted by molar-refractivity contribution is 6.30. The number of nitrogens with zero attached hydrogens (tertiary/aromatic N) is 2. The second-order valence-electron chi connectivity index (χ2n) is 3.59. The largest absolute Gasteiger partial charge is 0.479 e. The van der Waals surface area contributed by atoms with Gasteiger partial charge in [-0.3, -0.25) is 10.1 Å². The van der Waals surface area contributed by atoms with Crippen molar-refractivity contribution in [2.75, 3.05) is 0 Å². The summed E-state index contributed by atoms with van der Waals surface area (Å²) < 4.78 is 10.3. The predicted molar refractivity (Wildman–Crippen MR) is 63.7 cm³/mol. The minimum absolute atomic E-state index is 0.0727. The molecule has 0 fully saturated rings. The van der Waals surface area contributed by atoms with Gasteiger partial charge in [-0.25, -0.2) is 0 Å². The Balaban J connectivity index is 2.16. The average molecular weight is 269 g/mol. The lowest BCUT2D eigenvalue weighted by Crippen LogP contribution is -1.98. The number of rotatable bonds is 4. The molecule has 0 aliphatic rings. The number of hydrogen-bond acceptors (Lipinski definition) is 5. The Morgan fingerprint density at radius 3 is 2.89 bits per heavy atom. The van der Waals surface area contributed by atoms with Crippen molar-refractivity contribution in [3.8, 4) is 5.75 Å². The molecule has 0 saturated heterocycles. The minimum Gasteiger partial charge on any atom is -0.479 e. The molecule has 2 rings (SSSR count). The summed E-state index contributed by atoms with van der Waals surface area (Å²) in [5.41, 5.74) is 0.540. The molecule has 0 aliphatic carbocycles. The van der Waals surface area contributed by atoms with E-state index in [0.29, 0.717) is 5.76 Å². The lowest BCUT2D eigenvalue weighted by atomic mass is 10.3. The summed E-state index contributed by atoms with van der Waals surface area (Å²) in [6, 6.07) is 5.91. The van der Waals surface area contributed by atoms with Gasteiger partial charge in [0.2, 0.25) is 0 Å². The first kappa shape index (κ1) is 12.4. The van der Waals surface area contributed by atoms with Gasteiger partial charge in [0, 0.05) is 17.2 Å². The van der Waals surface area contributed by atoms with Gasteiger partial charge in [-0.15, -0.1) is 0 Å². The van der Waals surface area contributed by atoms with E-state index in [2.05, 4.69) is 5.16 Å². The molecule has 2 aromatic rings. The zero-order valence-electron chi connectivity index (χ0n) is 9.42. The van der Waals surface area contributed by atoms with E-state index in [1.165, 1.54) is 18.2 Å². The summed E-state index contributed by atoms with van der Waals surface area (Å²) in [7, 11) is 0. The summed E-state index contributed by atoms with van der Waals surface area (Å²) in [4.78, 5) is 10.3. The molecule has 0 aliphatic heterocycles. The van der Waals surface area contributed by atoms with E-state index in [9.17, 15) is 10.1 Å². The molecule has 0 amide bonds. The number of hydrogen-bond donors (Lipinski definition) is 0. The summed E-state index contributed by atoms with van der Waals surface area (Å²) in [6.07, 6.45) is 0. The van der Waals surface area contributed by atoms with Gasteiger partial charge in [-0.2, -0.15) is 0 Å². The van der Waals surface area contributed by atoms with Crippen molar-refractivity contribution in [2.24, 2.45) is 0 Å². The monoisotopic (exact) mass is 268 g/mol. The fourth-order valence-electron chi connectivity index (χ4n) is 1.39. The van der Waals surface area contributed by atoms with Crippen LogP contribution in [0.4, 0.5) is 5.69 Å². The molecule has 0 radical (unpaired) electrons. The molecule has 0 bridgehead atoms. The number of benzene rings is 1. The van der Waals surface area contributed by atoms with Gasteiger partial charge < -0.3 is 9.26 Å². The van der Waals surface area contributed by atoms with E-state index in [-0.39, 0.29) is 23.1 Å². The van der Waals surface area contributed by atoms with Crippen molar-refractivity contribution in [3.05, 3.63) is 50.9 Å². The molecule has 0 spiro atoms. The van der Waals surface area contributed by atoms with Crippen LogP contribution in [-0.4, -0.2) is 10.1 Å². The molecule has 1 heterocycles. The number of aryl methyl sites for hydroxylation is 1. The van der Waals surface area contributed by atoms with Crippen molar-refractivity contribution in [1.29, 1.82) is 0 Å². The fraction of sp³-hybridized carbons (Fsp3) is 0.182. The van der Waals surface area contributed by atoms with E-state index in [1.54, 1.807) is 13.0 Å². The Bertz CT molecular complexity index is 582. The van der Waals surface area contributed by atoms with Crippen LogP contribution in [0.5, 0.6) is 5.75 Å². The predicted octanol–water partition coefficient (Wildman–Crippen LogP) is 3.12. The van der Waals surface area contributed by atoms with E-state index in [0.717, 1.165) is 5.69 Å². The van der Waals surface area contributed by atoms with Crippen LogP contribution in [-0.2, 0) is 6.61 Å². The van der Waals surface area contributed by atoms with Crippen LogP contribution in [0.3, 0.4) is 0 Å². The second-order valence-corrected chi connectivity index (χ2v) is 4.03. The van der Waals surface area contributed by atoms with Crippen LogP contribution in [0.15, 0.2) is 28.8 Å². The minimum atomic E-state index is -0.549. The van der Waals surface area contributed by atoms with Gasteiger partial charge in [-0.1, -0.05) is 16.8 Å². The zero-order valence-corrected chi connectivity index (χ0v) is 10.2. The molecule has 94 valence electrons. The van der Waals surface area contributed by atoms with Crippen LogP contribution in [0.2, 0.25) is 5.02 Å². The van der Waals surface area contributed by atoms with Crippen LogP contribution in [0.25, 0.3) is 0 Å². The molecule has 1 aromatic carbocycles. The highest BCUT2D eigenvalue weighted by Gasteiger charge is 2.16. The Kier molecular flexibility index (Phi) is 3.47. The Labute approximate surface area is 107 Å². The zero-order chi connectivity index (χ0) is 13.1. The first-order valence-corrected chi connectivity index (χ1v) is 5.43. The topological polar surface area (TPSA) is 78.4 Å². The maximum Gasteiger partial charge on any atom is 0.312 e. The molecule has 0 N–H and O–H groups in total. The van der Waals surface area contributed by atoms with Crippen molar-refractivity contribution in [3.63, 3.8) is 0 Å². The SMILES string of the molecule is Cc1cc(COc2ccc(Cl)cc2[N+](=O)[O-])on1. The standard InChI is InChI=1S/C11H9ClN2O4/c1-7-4-9(18-13-7)6-17-11-3-2-8(12)5-10(11)14(15)16/h2-5H,6H2,1H3. The molecule has 0 atom stereocenters. The third-order valence-corrected chi connectivity index (χ3v) is 2.40. The molecule has 0 saturated carbocycles. The Morgan fingerprint density at radius 1 is 1.50 bits per heavy atom. The molecular weight excluding hydrogens is 260 g/mol. The molecule has 18 heavy (non-hydrogen) atoms. The number of halogens is 1. The van der Waals surface area contributed by atoms with E-state index in [1.807, 2.05) is 0 Å². The van der Waals surface area contributed by atoms with Gasteiger partial charge in [0.15, 0.2) is 11.5 Å². The maximum atomic E-state index is 10.8. The second kappa shape index (κ2) is 5.05. The van der Waals surface area contributed by atoms with E-state index in [4.69, 9.17) is 20.9 Å². The molecule has 0 unspecified atom stereocenters. The van der Waals surface area contributed by atoms with E-state index >= 15 is 0 Å². The van der Waals surface area contributed by atoms with Crippen molar-refractivity contribution >= 4 is 17.3 Å². The van der Waals surface area contributed by atoms with Gasteiger partial charge in [0.25, 0.3) is 0 Å². The van der Waals surface area contributed by atoms with Crippen molar-refractivity contribution < 1.29 is 14.2 Å². The highest BCUT2D eigenvalue weighted by Crippen LogP contribution is 2.30. The summed E-state index contributed by atoms with van der Waals surface area (Å²) in [5, 5.41) is 14.8. The first-order valence-electron chi connectivity index (χ1n) is 5.05. The highest BCUT2D eigenvalue weighted by atomic mass is 35.5. The quantitative estimate of drug-likeness (QED) is 0.629.